The van der Waals surface area contributed by atoms with Crippen molar-refractivity contribution in [2.75, 3.05) is 40.3 Å². The number of nitrogens with zero attached hydrogens (tertiary/aromatic N) is 4. The van der Waals surface area contributed by atoms with E-state index in [1.807, 2.05) is 25.6 Å². The maximum absolute atomic E-state index is 13.1. The van der Waals surface area contributed by atoms with Gasteiger partial charge in [-0.2, -0.15) is 5.10 Å². The molecule has 2 rings (SSSR count). The molecule has 24 heavy (non-hydrogen) atoms. The summed E-state index contributed by atoms with van der Waals surface area (Å²) in [4.78, 5) is 29.1. The highest BCUT2D eigenvalue weighted by atomic mass is 16.2. The van der Waals surface area contributed by atoms with Crippen LogP contribution in [0, 0.1) is 19.8 Å². The highest BCUT2D eigenvalue weighted by Crippen LogP contribution is 2.19. The molecule has 7 heteroatoms. The van der Waals surface area contributed by atoms with Gasteiger partial charge in [0.05, 0.1) is 17.2 Å². The summed E-state index contributed by atoms with van der Waals surface area (Å²) >= 11 is 0. The zero-order valence-electron chi connectivity index (χ0n) is 15.4. The molecule has 0 radical (unpaired) electrons. The maximum Gasteiger partial charge on any atom is 0.257 e. The van der Waals surface area contributed by atoms with Gasteiger partial charge in [0.1, 0.15) is 0 Å². The first-order valence-electron chi connectivity index (χ1n) is 8.62. The number of amides is 2. The molecule has 0 saturated carbocycles. The van der Waals surface area contributed by atoms with Gasteiger partial charge in [0.15, 0.2) is 0 Å². The van der Waals surface area contributed by atoms with E-state index in [1.54, 1.807) is 11.9 Å². The Morgan fingerprint density at radius 3 is 2.58 bits per heavy atom. The molecular weight excluding hydrogens is 306 g/mol. The Balaban J connectivity index is 2.26. The highest BCUT2D eigenvalue weighted by Gasteiger charge is 2.31. The monoisotopic (exact) mass is 335 g/mol. The Hall–Kier alpha value is -1.89. The normalized spacial score (nSPS) is 19.2. The number of rotatable bonds is 4. The van der Waals surface area contributed by atoms with Crippen molar-refractivity contribution in [3.05, 3.63) is 17.0 Å². The second-order valence-corrected chi connectivity index (χ2v) is 6.59. The predicted octanol–water partition coefficient (Wildman–Crippen LogP) is 0.660. The first-order chi connectivity index (χ1) is 11.4. The SMILES string of the molecule is CCCn1nc(C)c(C(=O)N2CCN(C)CC(C(=O)NC)C2)c1C. The molecule has 1 aliphatic heterocycles. The number of carbonyl (C=O) groups is 2. The lowest BCUT2D eigenvalue weighted by molar-refractivity contribution is -0.125. The zero-order valence-corrected chi connectivity index (χ0v) is 15.4. The van der Waals surface area contributed by atoms with Gasteiger partial charge in [0, 0.05) is 45.5 Å². The van der Waals surface area contributed by atoms with Gasteiger partial charge in [0.2, 0.25) is 5.91 Å². The minimum Gasteiger partial charge on any atom is -0.359 e. The number of carbonyl (C=O) groups excluding carboxylic acids is 2. The molecule has 2 amide bonds. The molecule has 1 unspecified atom stereocenters. The first-order valence-corrected chi connectivity index (χ1v) is 8.62. The van der Waals surface area contributed by atoms with E-state index in [9.17, 15) is 9.59 Å². The van der Waals surface area contributed by atoms with Crippen molar-refractivity contribution in [3.63, 3.8) is 0 Å². The molecule has 1 saturated heterocycles. The number of hydrogen-bond donors (Lipinski definition) is 1. The van der Waals surface area contributed by atoms with Crippen molar-refractivity contribution < 1.29 is 9.59 Å². The molecule has 7 nitrogen and oxygen atoms in total. The topological polar surface area (TPSA) is 70.5 Å². The van der Waals surface area contributed by atoms with Gasteiger partial charge in [0.25, 0.3) is 5.91 Å². The molecule has 1 aromatic heterocycles. The third kappa shape index (κ3) is 3.77. The van der Waals surface area contributed by atoms with Crippen LogP contribution < -0.4 is 5.32 Å². The average molecular weight is 335 g/mol. The fraction of sp³-hybridized carbons (Fsp3) is 0.706. The van der Waals surface area contributed by atoms with Crippen LogP contribution in [0.5, 0.6) is 0 Å². The second-order valence-electron chi connectivity index (χ2n) is 6.59. The van der Waals surface area contributed by atoms with Gasteiger partial charge in [-0.1, -0.05) is 6.92 Å². The summed E-state index contributed by atoms with van der Waals surface area (Å²) in [5, 5.41) is 7.21. The summed E-state index contributed by atoms with van der Waals surface area (Å²) in [6, 6.07) is 0. The van der Waals surface area contributed by atoms with Gasteiger partial charge in [-0.05, 0) is 27.3 Å². The van der Waals surface area contributed by atoms with Gasteiger partial charge in [-0.3, -0.25) is 14.3 Å². The molecule has 1 fully saturated rings. The fourth-order valence-corrected chi connectivity index (χ4v) is 3.32. The quantitative estimate of drug-likeness (QED) is 0.877. The number of hydrogen-bond acceptors (Lipinski definition) is 4. The first kappa shape index (κ1) is 18.4. The molecule has 0 aliphatic carbocycles. The number of nitrogens with one attached hydrogen (secondary N) is 1. The number of aryl methyl sites for hydroxylation is 2. The Labute approximate surface area is 144 Å². The van der Waals surface area contributed by atoms with E-state index in [0.717, 1.165) is 30.9 Å². The van der Waals surface area contributed by atoms with Crippen molar-refractivity contribution >= 4 is 11.8 Å². The van der Waals surface area contributed by atoms with Crippen molar-refractivity contribution in [3.8, 4) is 0 Å². The van der Waals surface area contributed by atoms with E-state index in [2.05, 4.69) is 22.2 Å². The predicted molar refractivity (Wildman–Crippen MR) is 92.9 cm³/mol. The van der Waals surface area contributed by atoms with Gasteiger partial charge in [-0.25, -0.2) is 0 Å². The smallest absolute Gasteiger partial charge is 0.257 e. The molecule has 2 heterocycles. The van der Waals surface area contributed by atoms with E-state index in [0.29, 0.717) is 25.2 Å². The van der Waals surface area contributed by atoms with E-state index >= 15 is 0 Å². The molecule has 1 aliphatic rings. The van der Waals surface area contributed by atoms with Crippen molar-refractivity contribution in [2.45, 2.75) is 33.7 Å². The molecular formula is C17H29N5O2. The largest absolute Gasteiger partial charge is 0.359 e. The Bertz CT molecular complexity index is 610. The van der Waals surface area contributed by atoms with E-state index in [-0.39, 0.29) is 17.7 Å². The molecule has 134 valence electrons. The molecule has 0 bridgehead atoms. The highest BCUT2D eigenvalue weighted by molar-refractivity contribution is 5.96. The van der Waals surface area contributed by atoms with Crippen LogP contribution in [0.15, 0.2) is 0 Å². The van der Waals surface area contributed by atoms with Crippen LogP contribution in [-0.4, -0.2) is 71.7 Å². The molecule has 1 aromatic rings. The van der Waals surface area contributed by atoms with E-state index in [4.69, 9.17) is 0 Å². The minimum atomic E-state index is -0.210. The number of aromatic nitrogens is 2. The molecule has 0 aromatic carbocycles. The van der Waals surface area contributed by atoms with Crippen LogP contribution in [0.25, 0.3) is 0 Å². The molecule has 1 atom stereocenters. The summed E-state index contributed by atoms with van der Waals surface area (Å²) in [6.07, 6.45) is 0.975. The van der Waals surface area contributed by atoms with E-state index < -0.39 is 0 Å². The minimum absolute atomic E-state index is 0.0170. The lowest BCUT2D eigenvalue weighted by Gasteiger charge is -2.23. The summed E-state index contributed by atoms with van der Waals surface area (Å²) in [5.41, 5.74) is 2.36. The zero-order chi connectivity index (χ0) is 17.9. The maximum atomic E-state index is 13.1. The Kier molecular flexibility index (Phi) is 5.99. The van der Waals surface area contributed by atoms with E-state index in [1.165, 1.54) is 0 Å². The summed E-state index contributed by atoms with van der Waals surface area (Å²) < 4.78 is 1.91. The van der Waals surface area contributed by atoms with Crippen molar-refractivity contribution in [1.82, 2.24) is 24.9 Å². The van der Waals surface area contributed by atoms with Crippen LogP contribution in [0.2, 0.25) is 0 Å². The van der Waals surface area contributed by atoms with Gasteiger partial charge >= 0.3 is 0 Å². The lowest BCUT2D eigenvalue weighted by Crippen LogP contribution is -2.41. The third-order valence-corrected chi connectivity index (χ3v) is 4.66. The third-order valence-electron chi connectivity index (χ3n) is 4.66. The standard InChI is InChI=1S/C17H29N5O2/c1-6-7-22-13(3)15(12(2)19-22)17(24)21-9-8-20(5)10-14(11-21)16(23)18-4/h14H,6-11H2,1-5H3,(H,18,23). The van der Waals surface area contributed by atoms with Gasteiger partial charge < -0.3 is 15.1 Å². The fourth-order valence-electron chi connectivity index (χ4n) is 3.32. The van der Waals surface area contributed by atoms with Crippen LogP contribution in [0.3, 0.4) is 0 Å². The Morgan fingerprint density at radius 1 is 1.25 bits per heavy atom. The van der Waals surface area contributed by atoms with Crippen LogP contribution in [-0.2, 0) is 11.3 Å². The number of likely N-dealkylation sites (N-methyl/N-ethyl adjacent to an activating group) is 1. The molecule has 0 spiro atoms. The van der Waals surface area contributed by atoms with Crippen molar-refractivity contribution in [1.29, 1.82) is 0 Å². The van der Waals surface area contributed by atoms with Crippen LogP contribution in [0.1, 0.15) is 35.1 Å². The average Bonchev–Trinajstić information content (AvgIpc) is 2.72. The lowest BCUT2D eigenvalue weighted by atomic mass is 10.1. The van der Waals surface area contributed by atoms with Crippen molar-refractivity contribution in [2.24, 2.45) is 5.92 Å². The van der Waals surface area contributed by atoms with Gasteiger partial charge in [-0.15, -0.1) is 0 Å². The van der Waals surface area contributed by atoms with Crippen LogP contribution in [0.4, 0.5) is 0 Å². The summed E-state index contributed by atoms with van der Waals surface area (Å²) in [7, 11) is 3.63. The molecule has 1 N–H and O–H groups in total. The second kappa shape index (κ2) is 7.79. The summed E-state index contributed by atoms with van der Waals surface area (Å²) in [6.45, 7) is 9.23. The Morgan fingerprint density at radius 2 is 1.96 bits per heavy atom. The summed E-state index contributed by atoms with van der Waals surface area (Å²) in [5.74, 6) is -0.244. The van der Waals surface area contributed by atoms with Crippen LogP contribution >= 0.6 is 0 Å².